The fraction of sp³-hybridized carbons (Fsp3) is 0.611. The highest BCUT2D eigenvalue weighted by Crippen LogP contribution is 2.55. The number of hydrogen-bond acceptors (Lipinski definition) is 4. The molecule has 0 saturated heterocycles. The minimum absolute atomic E-state index is 0.117. The molecule has 0 aromatic heterocycles. The Bertz CT molecular complexity index is 833. The first-order chi connectivity index (χ1) is 12.2. The Kier molecular flexibility index (Phi) is 4.36. The molecule has 0 atom stereocenters. The van der Waals surface area contributed by atoms with Crippen LogP contribution in [0.15, 0.2) is 21.5 Å². The number of carbonyl (C=O) groups is 1. The Morgan fingerprint density at radius 2 is 1.73 bits per heavy atom. The Labute approximate surface area is 162 Å². The fourth-order valence-electron chi connectivity index (χ4n) is 5.67. The van der Waals surface area contributed by atoms with Crippen molar-refractivity contribution in [2.75, 3.05) is 7.11 Å². The Hall–Kier alpha value is -1.12. The van der Waals surface area contributed by atoms with Crippen LogP contribution < -0.4 is 15.2 Å². The van der Waals surface area contributed by atoms with Gasteiger partial charge in [-0.15, -0.1) is 0 Å². The monoisotopic (exact) mass is 442 g/mol. The summed E-state index contributed by atoms with van der Waals surface area (Å²) in [7, 11) is -2.49. The lowest BCUT2D eigenvalue weighted by molar-refractivity contribution is -0.0167. The molecule has 0 aliphatic heterocycles. The van der Waals surface area contributed by atoms with Gasteiger partial charge in [0.1, 0.15) is 5.75 Å². The van der Waals surface area contributed by atoms with Gasteiger partial charge in [0.2, 0.25) is 10.0 Å². The molecule has 1 amide bonds. The first kappa shape index (κ1) is 18.3. The van der Waals surface area contributed by atoms with E-state index in [0.717, 1.165) is 19.3 Å². The van der Waals surface area contributed by atoms with Gasteiger partial charge in [-0.05, 0) is 84.3 Å². The van der Waals surface area contributed by atoms with Crippen molar-refractivity contribution >= 4 is 31.9 Å². The van der Waals surface area contributed by atoms with E-state index in [2.05, 4.69) is 21.2 Å². The lowest BCUT2D eigenvalue weighted by Crippen LogP contribution is -2.59. The predicted octanol–water partition coefficient (Wildman–Crippen LogP) is 2.80. The van der Waals surface area contributed by atoms with Crippen molar-refractivity contribution in [3.8, 4) is 5.75 Å². The van der Waals surface area contributed by atoms with Crippen molar-refractivity contribution in [1.82, 2.24) is 5.32 Å². The molecule has 8 heteroatoms. The minimum atomic E-state index is -3.95. The van der Waals surface area contributed by atoms with Crippen LogP contribution in [-0.2, 0) is 10.0 Å². The van der Waals surface area contributed by atoms with E-state index in [1.54, 1.807) is 0 Å². The summed E-state index contributed by atoms with van der Waals surface area (Å²) in [5, 5.41) is 8.52. The Morgan fingerprint density at radius 3 is 2.19 bits per heavy atom. The van der Waals surface area contributed by atoms with Crippen molar-refractivity contribution < 1.29 is 17.9 Å². The summed E-state index contributed by atoms with van der Waals surface area (Å²) in [5.41, 5.74) is 0.0431. The summed E-state index contributed by atoms with van der Waals surface area (Å²) in [6.45, 7) is 0. The van der Waals surface area contributed by atoms with Gasteiger partial charge >= 0.3 is 0 Å². The molecule has 4 aliphatic rings. The van der Waals surface area contributed by atoms with Crippen molar-refractivity contribution in [3.05, 3.63) is 22.2 Å². The number of benzene rings is 1. The smallest absolute Gasteiger partial charge is 0.255 e. The quantitative estimate of drug-likeness (QED) is 0.748. The molecule has 5 rings (SSSR count). The summed E-state index contributed by atoms with van der Waals surface area (Å²) < 4.78 is 29.2. The van der Waals surface area contributed by atoms with E-state index in [4.69, 9.17) is 9.88 Å². The summed E-state index contributed by atoms with van der Waals surface area (Å²) in [4.78, 5) is 12.9. The first-order valence-corrected chi connectivity index (χ1v) is 11.3. The topological polar surface area (TPSA) is 98.5 Å². The number of primary sulfonamides is 1. The standard InChI is InChI=1S/C18H23BrN2O4S/c1-25-15-6-14(19)16(26(20,23)24)5-13(15)17(22)21-18-7-10-2-11(8-18)4-12(3-10)9-18/h5-6,10-12H,2-4,7-9H2,1H3,(H,21,22)(H2,20,23,24). The Balaban J connectivity index is 1.66. The van der Waals surface area contributed by atoms with Crippen LogP contribution in [0, 0.1) is 17.8 Å². The Morgan fingerprint density at radius 1 is 1.19 bits per heavy atom. The predicted molar refractivity (Wildman–Crippen MR) is 100 cm³/mol. The van der Waals surface area contributed by atoms with Crippen LogP contribution in [-0.4, -0.2) is 27.0 Å². The summed E-state index contributed by atoms with van der Waals surface area (Å²) in [6.07, 6.45) is 6.91. The summed E-state index contributed by atoms with van der Waals surface area (Å²) >= 11 is 3.19. The van der Waals surface area contributed by atoms with Crippen LogP contribution in [0.1, 0.15) is 48.9 Å². The SMILES string of the molecule is COc1cc(Br)c(S(N)(=O)=O)cc1C(=O)NC12CC3CC(CC(C3)C1)C2. The zero-order chi connectivity index (χ0) is 18.7. The van der Waals surface area contributed by atoms with Crippen LogP contribution >= 0.6 is 15.9 Å². The van der Waals surface area contributed by atoms with Gasteiger partial charge in [-0.3, -0.25) is 4.79 Å². The van der Waals surface area contributed by atoms with Crippen molar-refractivity contribution in [2.24, 2.45) is 22.9 Å². The van der Waals surface area contributed by atoms with E-state index in [-0.39, 0.29) is 26.4 Å². The van der Waals surface area contributed by atoms with Crippen LogP contribution in [0.25, 0.3) is 0 Å². The number of ether oxygens (including phenoxy) is 1. The average Bonchev–Trinajstić information content (AvgIpc) is 2.51. The molecule has 4 fully saturated rings. The molecule has 4 saturated carbocycles. The molecule has 4 aliphatic carbocycles. The molecule has 0 spiro atoms. The van der Waals surface area contributed by atoms with Gasteiger partial charge in [0.15, 0.2) is 0 Å². The molecule has 1 aromatic carbocycles. The van der Waals surface area contributed by atoms with Crippen molar-refractivity contribution in [2.45, 2.75) is 49.0 Å². The third-order valence-electron chi connectivity index (χ3n) is 6.22. The lowest BCUT2D eigenvalue weighted by Gasteiger charge is -2.56. The van der Waals surface area contributed by atoms with Gasteiger partial charge in [0, 0.05) is 10.0 Å². The molecule has 0 radical (unpaired) electrons. The van der Waals surface area contributed by atoms with E-state index in [9.17, 15) is 13.2 Å². The number of sulfonamides is 1. The second kappa shape index (κ2) is 6.21. The molecular formula is C18H23BrN2O4S. The van der Waals surface area contributed by atoms with E-state index in [0.29, 0.717) is 23.5 Å². The van der Waals surface area contributed by atoms with Gasteiger partial charge in [-0.1, -0.05) is 0 Å². The molecule has 142 valence electrons. The maximum atomic E-state index is 13.1. The maximum absolute atomic E-state index is 13.1. The zero-order valence-corrected chi connectivity index (χ0v) is 17.0. The van der Waals surface area contributed by atoms with Gasteiger partial charge in [0.25, 0.3) is 5.91 Å². The molecule has 0 unspecified atom stereocenters. The van der Waals surface area contributed by atoms with E-state index in [1.807, 2.05) is 0 Å². The maximum Gasteiger partial charge on any atom is 0.255 e. The third-order valence-corrected chi connectivity index (χ3v) is 8.09. The fourth-order valence-corrected chi connectivity index (χ4v) is 7.28. The second-order valence-electron chi connectivity index (χ2n) is 8.18. The van der Waals surface area contributed by atoms with Crippen LogP contribution in [0.4, 0.5) is 0 Å². The van der Waals surface area contributed by atoms with Gasteiger partial charge < -0.3 is 10.1 Å². The van der Waals surface area contributed by atoms with E-state index in [1.165, 1.54) is 38.5 Å². The van der Waals surface area contributed by atoms with Gasteiger partial charge in [-0.25, -0.2) is 13.6 Å². The number of halogens is 1. The van der Waals surface area contributed by atoms with E-state index < -0.39 is 10.0 Å². The number of nitrogens with two attached hydrogens (primary N) is 1. The van der Waals surface area contributed by atoms with Crippen LogP contribution in [0.3, 0.4) is 0 Å². The highest BCUT2D eigenvalue weighted by Gasteiger charge is 2.51. The molecule has 26 heavy (non-hydrogen) atoms. The lowest BCUT2D eigenvalue weighted by atomic mass is 9.53. The van der Waals surface area contributed by atoms with Crippen molar-refractivity contribution in [1.29, 1.82) is 0 Å². The van der Waals surface area contributed by atoms with E-state index >= 15 is 0 Å². The van der Waals surface area contributed by atoms with Crippen molar-refractivity contribution in [3.63, 3.8) is 0 Å². The molecule has 4 bridgehead atoms. The molecule has 6 nitrogen and oxygen atoms in total. The first-order valence-electron chi connectivity index (χ1n) is 8.92. The molecule has 0 heterocycles. The number of methoxy groups -OCH3 is 1. The van der Waals surface area contributed by atoms with Crippen LogP contribution in [0.2, 0.25) is 0 Å². The van der Waals surface area contributed by atoms with Gasteiger partial charge in [-0.2, -0.15) is 0 Å². The number of rotatable bonds is 4. The number of amides is 1. The zero-order valence-electron chi connectivity index (χ0n) is 14.6. The molecule has 3 N–H and O–H groups in total. The normalized spacial score (nSPS) is 32.5. The highest BCUT2D eigenvalue weighted by atomic mass is 79.9. The summed E-state index contributed by atoms with van der Waals surface area (Å²) in [6, 6.07) is 2.78. The van der Waals surface area contributed by atoms with Crippen LogP contribution in [0.5, 0.6) is 5.75 Å². The highest BCUT2D eigenvalue weighted by molar-refractivity contribution is 9.10. The minimum Gasteiger partial charge on any atom is -0.496 e. The average molecular weight is 443 g/mol. The number of hydrogen-bond donors (Lipinski definition) is 2. The summed E-state index contributed by atoms with van der Waals surface area (Å²) in [5.74, 6) is 2.14. The largest absolute Gasteiger partial charge is 0.496 e. The molecule has 1 aromatic rings. The second-order valence-corrected chi connectivity index (χ2v) is 10.6. The molecular weight excluding hydrogens is 420 g/mol. The van der Waals surface area contributed by atoms with Gasteiger partial charge in [0.05, 0.1) is 17.6 Å². The number of carbonyl (C=O) groups excluding carboxylic acids is 1. The third kappa shape index (κ3) is 3.16. The number of nitrogens with one attached hydrogen (secondary N) is 1.